The van der Waals surface area contributed by atoms with E-state index in [1.54, 1.807) is 48.5 Å². The molecule has 7 heteroatoms. The number of methoxy groups -OCH3 is 1. The van der Waals surface area contributed by atoms with Crippen LogP contribution in [0.5, 0.6) is 17.2 Å². The number of nitrogens with zero attached hydrogens (tertiary/aromatic N) is 1. The first-order valence-corrected chi connectivity index (χ1v) is 8.41. The van der Waals surface area contributed by atoms with Crippen LogP contribution in [0.2, 0.25) is 5.02 Å². The topological polar surface area (TPSA) is 77.8 Å². The minimum Gasteiger partial charge on any atom is -0.493 e. The number of hydrogen-bond acceptors (Lipinski definition) is 6. The smallest absolute Gasteiger partial charge is 0.330 e. The summed E-state index contributed by atoms with van der Waals surface area (Å²) in [6.45, 7) is 0.284. The molecule has 27 heavy (non-hydrogen) atoms. The van der Waals surface area contributed by atoms with E-state index in [4.69, 9.17) is 35.8 Å². The van der Waals surface area contributed by atoms with Crippen molar-refractivity contribution in [2.24, 2.45) is 0 Å². The van der Waals surface area contributed by atoms with E-state index in [1.807, 2.05) is 6.07 Å². The van der Waals surface area contributed by atoms with Crippen molar-refractivity contribution >= 4 is 23.6 Å². The number of hydrogen-bond donors (Lipinski definition) is 0. The number of esters is 1. The number of benzene rings is 2. The Bertz CT molecular complexity index is 827. The number of nitriles is 1. The average molecular weight is 388 g/mol. The van der Waals surface area contributed by atoms with Crippen molar-refractivity contribution in [2.45, 2.75) is 0 Å². The molecule has 0 spiro atoms. The molecule has 0 atom stereocenters. The van der Waals surface area contributed by atoms with Gasteiger partial charge in [0.25, 0.3) is 0 Å². The first-order valence-electron chi connectivity index (χ1n) is 8.03. The molecule has 0 unspecified atom stereocenters. The summed E-state index contributed by atoms with van der Waals surface area (Å²) >= 11 is 5.79. The molecule has 2 rings (SSSR count). The zero-order valence-electron chi connectivity index (χ0n) is 14.7. The molecule has 0 radical (unpaired) electrons. The molecule has 0 aromatic heterocycles. The van der Waals surface area contributed by atoms with E-state index >= 15 is 0 Å². The Kier molecular flexibility index (Phi) is 8.01. The maximum Gasteiger partial charge on any atom is 0.330 e. The molecule has 6 nitrogen and oxygen atoms in total. The van der Waals surface area contributed by atoms with Crippen molar-refractivity contribution in [1.82, 2.24) is 0 Å². The van der Waals surface area contributed by atoms with Crippen LogP contribution in [0.1, 0.15) is 5.56 Å². The van der Waals surface area contributed by atoms with Gasteiger partial charge in [-0.1, -0.05) is 17.7 Å². The fourth-order valence-corrected chi connectivity index (χ4v) is 2.19. The summed E-state index contributed by atoms with van der Waals surface area (Å²) in [6.07, 6.45) is 2.91. The van der Waals surface area contributed by atoms with Crippen LogP contribution in [0.25, 0.3) is 6.08 Å². The van der Waals surface area contributed by atoms with E-state index in [0.717, 1.165) is 5.56 Å². The summed E-state index contributed by atoms with van der Waals surface area (Å²) in [4.78, 5) is 11.8. The molecule has 140 valence electrons. The maximum absolute atomic E-state index is 11.8. The molecule has 0 saturated carbocycles. The molecule has 0 fully saturated rings. The Hall–Kier alpha value is -3.17. The van der Waals surface area contributed by atoms with E-state index in [0.29, 0.717) is 22.3 Å². The predicted octanol–water partition coefficient (Wildman–Crippen LogP) is 3.89. The van der Waals surface area contributed by atoms with Gasteiger partial charge in [-0.15, -0.1) is 0 Å². The van der Waals surface area contributed by atoms with Gasteiger partial charge in [0.15, 0.2) is 18.1 Å². The lowest BCUT2D eigenvalue weighted by atomic mass is 10.2. The largest absolute Gasteiger partial charge is 0.493 e. The lowest BCUT2D eigenvalue weighted by molar-refractivity contribution is -0.138. The molecule has 0 aliphatic rings. The number of rotatable bonds is 9. The fourth-order valence-electron chi connectivity index (χ4n) is 2.06. The van der Waals surface area contributed by atoms with Crippen molar-refractivity contribution in [1.29, 1.82) is 5.26 Å². The molecular formula is C20H18ClNO5. The third kappa shape index (κ3) is 6.92. The van der Waals surface area contributed by atoms with Gasteiger partial charge < -0.3 is 18.9 Å². The zero-order valence-corrected chi connectivity index (χ0v) is 15.4. The second-order valence-corrected chi connectivity index (χ2v) is 5.60. The molecule has 0 heterocycles. The number of carbonyl (C=O) groups is 1. The number of halogens is 1. The van der Waals surface area contributed by atoms with Crippen molar-refractivity contribution in [3.63, 3.8) is 0 Å². The van der Waals surface area contributed by atoms with Crippen molar-refractivity contribution in [3.8, 4) is 23.3 Å². The third-order valence-electron chi connectivity index (χ3n) is 3.30. The summed E-state index contributed by atoms with van der Waals surface area (Å²) in [6, 6.07) is 13.9. The number of ether oxygens (including phenoxy) is 4. The standard InChI is InChI=1S/C20H18ClNO5/c1-24-19-14-15(2-8-18(19)26-11-10-22)3-9-20(23)27-13-12-25-17-6-4-16(21)5-7-17/h2-9,14H,11-13H2,1H3/b9-3+. The monoisotopic (exact) mass is 387 g/mol. The quantitative estimate of drug-likeness (QED) is 0.369. The average Bonchev–Trinajstić information content (AvgIpc) is 2.69. The molecule has 2 aromatic rings. The summed E-state index contributed by atoms with van der Waals surface area (Å²) in [5.74, 6) is 1.09. The van der Waals surface area contributed by atoms with Gasteiger partial charge >= 0.3 is 5.97 Å². The van der Waals surface area contributed by atoms with Gasteiger partial charge in [0, 0.05) is 11.1 Å². The van der Waals surface area contributed by atoms with Crippen LogP contribution in [0.15, 0.2) is 48.5 Å². The molecule has 0 amide bonds. The van der Waals surface area contributed by atoms with Gasteiger partial charge in [-0.2, -0.15) is 5.26 Å². The Morgan fingerprint density at radius 2 is 1.89 bits per heavy atom. The summed E-state index contributed by atoms with van der Waals surface area (Å²) in [5.41, 5.74) is 0.727. The van der Waals surface area contributed by atoms with Crippen LogP contribution >= 0.6 is 11.6 Å². The highest BCUT2D eigenvalue weighted by atomic mass is 35.5. The Morgan fingerprint density at radius 3 is 2.59 bits per heavy atom. The second kappa shape index (κ2) is 10.7. The first kappa shape index (κ1) is 20.1. The Balaban J connectivity index is 1.80. The van der Waals surface area contributed by atoms with Crippen LogP contribution in [-0.4, -0.2) is 32.9 Å². The normalized spacial score (nSPS) is 10.3. The Morgan fingerprint density at radius 1 is 1.11 bits per heavy atom. The highest BCUT2D eigenvalue weighted by molar-refractivity contribution is 6.30. The van der Waals surface area contributed by atoms with Crippen molar-refractivity contribution in [3.05, 3.63) is 59.1 Å². The van der Waals surface area contributed by atoms with Crippen LogP contribution in [0.3, 0.4) is 0 Å². The van der Waals surface area contributed by atoms with E-state index in [2.05, 4.69) is 0 Å². The van der Waals surface area contributed by atoms with Crippen molar-refractivity contribution < 1.29 is 23.7 Å². The molecular weight excluding hydrogens is 370 g/mol. The zero-order chi connectivity index (χ0) is 19.5. The van der Waals surface area contributed by atoms with Gasteiger partial charge in [-0.05, 0) is 48.0 Å². The van der Waals surface area contributed by atoms with Gasteiger partial charge in [0.05, 0.1) is 7.11 Å². The lowest BCUT2D eigenvalue weighted by Crippen LogP contribution is -2.10. The van der Waals surface area contributed by atoms with Gasteiger partial charge in [0.2, 0.25) is 0 Å². The van der Waals surface area contributed by atoms with E-state index in [1.165, 1.54) is 13.2 Å². The minimum atomic E-state index is -0.488. The third-order valence-corrected chi connectivity index (χ3v) is 3.55. The molecule has 0 saturated heterocycles. The van der Waals surface area contributed by atoms with E-state index < -0.39 is 5.97 Å². The van der Waals surface area contributed by atoms with Crippen molar-refractivity contribution in [2.75, 3.05) is 26.9 Å². The minimum absolute atomic E-state index is 0.0734. The lowest BCUT2D eigenvalue weighted by Gasteiger charge is -2.08. The van der Waals surface area contributed by atoms with E-state index in [-0.39, 0.29) is 19.8 Å². The van der Waals surface area contributed by atoms with Crippen LogP contribution in [0.4, 0.5) is 0 Å². The second-order valence-electron chi connectivity index (χ2n) is 5.16. The van der Waals surface area contributed by atoms with Crippen LogP contribution < -0.4 is 14.2 Å². The molecule has 0 N–H and O–H groups in total. The van der Waals surface area contributed by atoms with E-state index in [9.17, 15) is 4.79 Å². The summed E-state index contributed by atoms with van der Waals surface area (Å²) < 4.78 is 21.0. The molecule has 0 aliphatic heterocycles. The SMILES string of the molecule is COc1cc(/C=C/C(=O)OCCOc2ccc(Cl)cc2)ccc1OCC#N. The highest BCUT2D eigenvalue weighted by Gasteiger charge is 2.05. The summed E-state index contributed by atoms with van der Waals surface area (Å²) in [5, 5.41) is 9.19. The predicted molar refractivity (Wildman–Crippen MR) is 101 cm³/mol. The van der Waals surface area contributed by atoms with Gasteiger partial charge in [0.1, 0.15) is 25.0 Å². The first-order chi connectivity index (χ1) is 13.1. The highest BCUT2D eigenvalue weighted by Crippen LogP contribution is 2.28. The van der Waals surface area contributed by atoms with Crippen LogP contribution in [-0.2, 0) is 9.53 Å². The molecule has 2 aromatic carbocycles. The molecule has 0 bridgehead atoms. The maximum atomic E-state index is 11.8. The molecule has 0 aliphatic carbocycles. The van der Waals surface area contributed by atoms with Gasteiger partial charge in [-0.25, -0.2) is 4.79 Å². The summed E-state index contributed by atoms with van der Waals surface area (Å²) in [7, 11) is 1.50. The van der Waals surface area contributed by atoms with Gasteiger partial charge in [-0.3, -0.25) is 0 Å². The van der Waals surface area contributed by atoms with Crippen LogP contribution in [0, 0.1) is 11.3 Å². The Labute approximate surface area is 162 Å². The fraction of sp³-hybridized carbons (Fsp3) is 0.200. The number of carbonyl (C=O) groups excluding carboxylic acids is 1.